The first-order chi connectivity index (χ1) is 12.7. The van der Waals surface area contributed by atoms with Gasteiger partial charge in [-0.2, -0.15) is 0 Å². The summed E-state index contributed by atoms with van der Waals surface area (Å²) >= 11 is 0. The van der Waals surface area contributed by atoms with E-state index in [1.807, 2.05) is 0 Å². The van der Waals surface area contributed by atoms with Crippen LogP contribution >= 0.6 is 0 Å². The fourth-order valence-corrected chi connectivity index (χ4v) is 2.82. The van der Waals surface area contributed by atoms with E-state index in [1.165, 1.54) is 12.6 Å². The molecule has 0 radical (unpaired) electrons. The van der Waals surface area contributed by atoms with Crippen LogP contribution in [0, 0.1) is 0 Å². The lowest BCUT2D eigenvalue weighted by molar-refractivity contribution is 0.0526. The number of piperidine rings is 1. The SMILES string of the molecule is CCOC(=O)c1ccc(NC(=O)c2cnc(N3CCCCC3)cn2)cc1. The smallest absolute Gasteiger partial charge is 0.338 e. The van der Waals surface area contributed by atoms with Crippen molar-refractivity contribution in [3.05, 3.63) is 47.9 Å². The van der Waals surface area contributed by atoms with Gasteiger partial charge < -0.3 is 15.0 Å². The molecule has 0 unspecified atom stereocenters. The van der Waals surface area contributed by atoms with Crippen LogP contribution in [0.4, 0.5) is 11.5 Å². The summed E-state index contributed by atoms with van der Waals surface area (Å²) in [7, 11) is 0. The lowest BCUT2D eigenvalue weighted by atomic mass is 10.1. The highest BCUT2D eigenvalue weighted by Gasteiger charge is 2.14. The van der Waals surface area contributed by atoms with Gasteiger partial charge in [0.05, 0.1) is 24.6 Å². The minimum atomic E-state index is -0.385. The molecule has 1 saturated heterocycles. The van der Waals surface area contributed by atoms with Gasteiger partial charge in [0.15, 0.2) is 0 Å². The molecule has 26 heavy (non-hydrogen) atoms. The number of anilines is 2. The lowest BCUT2D eigenvalue weighted by Gasteiger charge is -2.27. The molecule has 3 rings (SSSR count). The molecule has 2 heterocycles. The Morgan fingerprint density at radius 1 is 1.08 bits per heavy atom. The summed E-state index contributed by atoms with van der Waals surface area (Å²) in [6, 6.07) is 6.52. The van der Waals surface area contributed by atoms with Crippen molar-refractivity contribution in [2.45, 2.75) is 26.2 Å². The van der Waals surface area contributed by atoms with Crippen molar-refractivity contribution in [3.63, 3.8) is 0 Å². The number of hydrogen-bond donors (Lipinski definition) is 1. The zero-order valence-electron chi connectivity index (χ0n) is 14.8. The van der Waals surface area contributed by atoms with Crippen LogP contribution < -0.4 is 10.2 Å². The number of nitrogens with zero attached hydrogens (tertiary/aromatic N) is 3. The zero-order valence-corrected chi connectivity index (χ0v) is 14.8. The monoisotopic (exact) mass is 354 g/mol. The van der Waals surface area contributed by atoms with Crippen molar-refractivity contribution in [1.29, 1.82) is 0 Å². The summed E-state index contributed by atoms with van der Waals surface area (Å²) in [5, 5.41) is 2.75. The van der Waals surface area contributed by atoms with Crippen LogP contribution in [-0.2, 0) is 4.74 Å². The maximum absolute atomic E-state index is 12.3. The van der Waals surface area contributed by atoms with Crippen molar-refractivity contribution < 1.29 is 14.3 Å². The second-order valence-electron chi connectivity index (χ2n) is 6.06. The third-order valence-electron chi connectivity index (χ3n) is 4.20. The first-order valence-corrected chi connectivity index (χ1v) is 8.83. The van der Waals surface area contributed by atoms with Gasteiger partial charge in [-0.1, -0.05) is 0 Å². The van der Waals surface area contributed by atoms with Crippen molar-refractivity contribution in [3.8, 4) is 0 Å². The number of carbonyl (C=O) groups is 2. The Kier molecular flexibility index (Phi) is 5.78. The van der Waals surface area contributed by atoms with E-state index in [1.54, 1.807) is 37.4 Å². The third kappa shape index (κ3) is 4.36. The molecule has 1 fully saturated rings. The first-order valence-electron chi connectivity index (χ1n) is 8.83. The van der Waals surface area contributed by atoms with E-state index in [4.69, 9.17) is 4.74 Å². The van der Waals surface area contributed by atoms with Crippen LogP contribution in [0.25, 0.3) is 0 Å². The van der Waals surface area contributed by atoms with E-state index in [9.17, 15) is 9.59 Å². The van der Waals surface area contributed by atoms with Gasteiger partial charge in [0, 0.05) is 18.8 Å². The van der Waals surface area contributed by atoms with Crippen LogP contribution in [0.5, 0.6) is 0 Å². The van der Waals surface area contributed by atoms with Crippen molar-refractivity contribution >= 4 is 23.4 Å². The molecule has 2 aromatic rings. The molecular weight excluding hydrogens is 332 g/mol. The maximum Gasteiger partial charge on any atom is 0.338 e. The quantitative estimate of drug-likeness (QED) is 0.831. The normalized spacial score (nSPS) is 14.0. The first kappa shape index (κ1) is 17.8. The van der Waals surface area contributed by atoms with E-state index in [-0.39, 0.29) is 17.6 Å². The second-order valence-corrected chi connectivity index (χ2v) is 6.06. The second kappa shape index (κ2) is 8.42. The van der Waals surface area contributed by atoms with Gasteiger partial charge >= 0.3 is 5.97 Å². The summed E-state index contributed by atoms with van der Waals surface area (Å²) in [6.07, 6.45) is 6.70. The van der Waals surface area contributed by atoms with E-state index in [0.29, 0.717) is 17.9 Å². The Bertz CT molecular complexity index is 753. The highest BCUT2D eigenvalue weighted by atomic mass is 16.5. The summed E-state index contributed by atoms with van der Waals surface area (Å²) in [6.45, 7) is 4.04. The molecule has 1 aliphatic rings. The fourth-order valence-electron chi connectivity index (χ4n) is 2.82. The highest BCUT2D eigenvalue weighted by Crippen LogP contribution is 2.17. The summed E-state index contributed by atoms with van der Waals surface area (Å²) in [5.74, 6) is 0.0798. The molecule has 136 valence electrons. The third-order valence-corrected chi connectivity index (χ3v) is 4.20. The molecule has 0 spiro atoms. The van der Waals surface area contributed by atoms with Gasteiger partial charge in [-0.05, 0) is 50.5 Å². The summed E-state index contributed by atoms with van der Waals surface area (Å²) in [4.78, 5) is 34.7. The molecule has 1 amide bonds. The number of esters is 1. The van der Waals surface area contributed by atoms with E-state index < -0.39 is 0 Å². The Balaban J connectivity index is 1.61. The van der Waals surface area contributed by atoms with Crippen molar-refractivity contribution in [1.82, 2.24) is 9.97 Å². The predicted molar refractivity (Wildman–Crippen MR) is 98.4 cm³/mol. The number of hydrogen-bond acceptors (Lipinski definition) is 6. The number of amides is 1. The summed E-state index contributed by atoms with van der Waals surface area (Å²) < 4.78 is 4.93. The van der Waals surface area contributed by atoms with Gasteiger partial charge in [0.25, 0.3) is 5.91 Å². The molecule has 1 aromatic carbocycles. The maximum atomic E-state index is 12.3. The molecule has 0 bridgehead atoms. The molecule has 1 N–H and O–H groups in total. The molecule has 0 aliphatic carbocycles. The minimum absolute atomic E-state index is 0.250. The van der Waals surface area contributed by atoms with Gasteiger partial charge in [0.1, 0.15) is 11.5 Å². The topological polar surface area (TPSA) is 84.4 Å². The molecule has 7 nitrogen and oxygen atoms in total. The number of nitrogens with one attached hydrogen (secondary N) is 1. The lowest BCUT2D eigenvalue weighted by Crippen LogP contribution is -2.30. The predicted octanol–water partition coefficient (Wildman–Crippen LogP) is 2.90. The average Bonchev–Trinajstić information content (AvgIpc) is 2.69. The van der Waals surface area contributed by atoms with Gasteiger partial charge in [-0.25, -0.2) is 14.8 Å². The molecular formula is C19H22N4O3. The van der Waals surface area contributed by atoms with Gasteiger partial charge in [-0.3, -0.25) is 4.79 Å². The minimum Gasteiger partial charge on any atom is -0.462 e. The van der Waals surface area contributed by atoms with Crippen LogP contribution in [0.1, 0.15) is 47.0 Å². The van der Waals surface area contributed by atoms with E-state index >= 15 is 0 Å². The average molecular weight is 354 g/mol. The van der Waals surface area contributed by atoms with E-state index in [0.717, 1.165) is 31.7 Å². The molecule has 0 saturated carbocycles. The number of benzene rings is 1. The Hall–Kier alpha value is -2.96. The van der Waals surface area contributed by atoms with Crippen molar-refractivity contribution in [2.24, 2.45) is 0 Å². The Morgan fingerprint density at radius 2 is 1.81 bits per heavy atom. The number of aromatic nitrogens is 2. The molecule has 1 aliphatic heterocycles. The number of carbonyl (C=O) groups excluding carboxylic acids is 2. The highest BCUT2D eigenvalue weighted by molar-refractivity contribution is 6.03. The van der Waals surface area contributed by atoms with Crippen molar-refractivity contribution in [2.75, 3.05) is 29.9 Å². The van der Waals surface area contributed by atoms with Crippen LogP contribution in [0.3, 0.4) is 0 Å². The Morgan fingerprint density at radius 3 is 2.42 bits per heavy atom. The van der Waals surface area contributed by atoms with Gasteiger partial charge in [0.2, 0.25) is 0 Å². The number of ether oxygens (including phenoxy) is 1. The standard InChI is InChI=1S/C19H22N4O3/c1-2-26-19(25)14-6-8-15(9-7-14)22-18(24)16-12-21-17(13-20-16)23-10-4-3-5-11-23/h6-9,12-13H,2-5,10-11H2,1H3,(H,22,24). The molecule has 0 atom stereocenters. The van der Waals surface area contributed by atoms with Crippen LogP contribution in [0.2, 0.25) is 0 Å². The Labute approximate surface area is 152 Å². The molecule has 1 aromatic heterocycles. The van der Waals surface area contributed by atoms with Gasteiger partial charge in [-0.15, -0.1) is 0 Å². The summed E-state index contributed by atoms with van der Waals surface area (Å²) in [5.41, 5.74) is 1.26. The largest absolute Gasteiger partial charge is 0.462 e. The number of rotatable bonds is 5. The molecule has 7 heteroatoms. The van der Waals surface area contributed by atoms with Crippen LogP contribution in [0.15, 0.2) is 36.7 Å². The van der Waals surface area contributed by atoms with Crippen LogP contribution in [-0.4, -0.2) is 41.5 Å². The fraction of sp³-hybridized carbons (Fsp3) is 0.368. The zero-order chi connectivity index (χ0) is 18.4. The van der Waals surface area contributed by atoms with E-state index in [2.05, 4.69) is 20.2 Å².